The van der Waals surface area contributed by atoms with E-state index in [0.717, 1.165) is 25.8 Å². The minimum Gasteiger partial charge on any atom is -0.371 e. The Morgan fingerprint density at radius 1 is 1.24 bits per heavy atom. The van der Waals surface area contributed by atoms with E-state index >= 15 is 0 Å². The van der Waals surface area contributed by atoms with Gasteiger partial charge in [0.15, 0.2) is 5.78 Å². The van der Waals surface area contributed by atoms with Crippen LogP contribution in [0.15, 0.2) is 24.3 Å². The van der Waals surface area contributed by atoms with E-state index in [1.165, 1.54) is 4.90 Å². The van der Waals surface area contributed by atoms with Crippen molar-refractivity contribution in [3.8, 4) is 0 Å². The van der Waals surface area contributed by atoms with Crippen molar-refractivity contribution in [3.05, 3.63) is 29.8 Å². The summed E-state index contributed by atoms with van der Waals surface area (Å²) in [5, 5.41) is 11.3. The van der Waals surface area contributed by atoms with Crippen LogP contribution < -0.4 is 4.90 Å². The van der Waals surface area contributed by atoms with E-state index in [0.29, 0.717) is 30.6 Å². The number of fused-ring (bicyclic) bond motifs is 3. The monoisotopic (exact) mass is 342 g/mol. The average molecular weight is 342 g/mol. The molecule has 25 heavy (non-hydrogen) atoms. The molecule has 2 saturated heterocycles. The van der Waals surface area contributed by atoms with Crippen LogP contribution in [0.5, 0.6) is 0 Å². The molecule has 0 saturated carbocycles. The van der Waals surface area contributed by atoms with Gasteiger partial charge in [0.2, 0.25) is 5.91 Å². The highest BCUT2D eigenvalue weighted by atomic mass is 16.3. The minimum absolute atomic E-state index is 0.0411. The van der Waals surface area contributed by atoms with Crippen molar-refractivity contribution in [1.82, 2.24) is 4.90 Å². The van der Waals surface area contributed by atoms with E-state index in [1.54, 1.807) is 19.1 Å². The van der Waals surface area contributed by atoms with Gasteiger partial charge in [-0.25, -0.2) is 0 Å². The SMILES string of the molecule is CC[C@@]12CCCN3CCC(=O)c4ccccc4N(C(=O)[C@@H]31)[C@@](C)(O)C2. The molecule has 4 rings (SSSR count). The van der Waals surface area contributed by atoms with Crippen LogP contribution in [0.3, 0.4) is 0 Å². The highest BCUT2D eigenvalue weighted by Gasteiger charge is 2.59. The molecule has 0 spiro atoms. The molecule has 1 N–H and O–H groups in total. The van der Waals surface area contributed by atoms with Gasteiger partial charge >= 0.3 is 0 Å². The van der Waals surface area contributed by atoms with Gasteiger partial charge in [0.1, 0.15) is 5.72 Å². The second-order valence-corrected chi connectivity index (χ2v) is 8.02. The summed E-state index contributed by atoms with van der Waals surface area (Å²) < 4.78 is 0. The van der Waals surface area contributed by atoms with Gasteiger partial charge in [-0.1, -0.05) is 19.1 Å². The molecule has 3 heterocycles. The molecule has 3 aliphatic heterocycles. The minimum atomic E-state index is -1.28. The zero-order valence-electron chi connectivity index (χ0n) is 15.0. The largest absolute Gasteiger partial charge is 0.371 e. The number of hydrogen-bond donors (Lipinski definition) is 1. The van der Waals surface area contributed by atoms with Gasteiger partial charge < -0.3 is 5.11 Å². The maximum absolute atomic E-state index is 13.6. The van der Waals surface area contributed by atoms with Crippen LogP contribution in [0.4, 0.5) is 5.69 Å². The molecular formula is C20H26N2O3. The maximum atomic E-state index is 13.6. The number of ketones is 1. The summed E-state index contributed by atoms with van der Waals surface area (Å²) in [4.78, 5) is 30.1. The van der Waals surface area contributed by atoms with Crippen LogP contribution in [0.25, 0.3) is 0 Å². The smallest absolute Gasteiger partial charge is 0.247 e. The molecule has 5 heteroatoms. The quantitative estimate of drug-likeness (QED) is 0.852. The lowest BCUT2D eigenvalue weighted by Gasteiger charge is -2.58. The zero-order valence-corrected chi connectivity index (χ0v) is 15.0. The lowest BCUT2D eigenvalue weighted by atomic mass is 9.63. The highest BCUT2D eigenvalue weighted by Crippen LogP contribution is 2.51. The molecule has 3 atom stereocenters. The number of amides is 1. The fourth-order valence-electron chi connectivity index (χ4n) is 5.39. The van der Waals surface area contributed by atoms with Crippen LogP contribution in [-0.2, 0) is 4.79 Å². The van der Waals surface area contributed by atoms with Crippen molar-refractivity contribution in [1.29, 1.82) is 0 Å². The van der Waals surface area contributed by atoms with Gasteiger partial charge in [-0.3, -0.25) is 19.4 Å². The first-order valence-electron chi connectivity index (χ1n) is 9.32. The Balaban J connectivity index is 1.93. The second kappa shape index (κ2) is 5.64. The molecule has 3 aliphatic rings. The molecular weight excluding hydrogens is 316 g/mol. The second-order valence-electron chi connectivity index (χ2n) is 8.02. The van der Waals surface area contributed by atoms with Crippen molar-refractivity contribution in [3.63, 3.8) is 0 Å². The number of carbonyl (C=O) groups excluding carboxylic acids is 2. The Hall–Kier alpha value is -1.72. The standard InChI is InChI=1S/C20H26N2O3/c1-3-20-10-6-11-21-12-9-16(23)14-7-4-5-8-15(14)22(18(24)17(20)21)19(2,25)13-20/h4-5,7-8,17,25H,3,6,9-13H2,1-2H3/t17-,19+,20+/m1/s1. The summed E-state index contributed by atoms with van der Waals surface area (Å²) in [6.45, 7) is 5.30. The Labute approximate surface area is 148 Å². The fraction of sp³-hybridized carbons (Fsp3) is 0.600. The van der Waals surface area contributed by atoms with E-state index < -0.39 is 5.72 Å². The fourth-order valence-corrected chi connectivity index (χ4v) is 5.39. The number of hydrogen-bond acceptors (Lipinski definition) is 4. The Morgan fingerprint density at radius 2 is 2.00 bits per heavy atom. The molecule has 2 fully saturated rings. The summed E-state index contributed by atoms with van der Waals surface area (Å²) in [5.41, 5.74) is -0.398. The molecule has 0 aliphatic carbocycles. The van der Waals surface area contributed by atoms with Gasteiger partial charge in [-0.15, -0.1) is 0 Å². The van der Waals surface area contributed by atoms with Crippen molar-refractivity contribution in [2.45, 2.75) is 57.7 Å². The van der Waals surface area contributed by atoms with Crippen LogP contribution >= 0.6 is 0 Å². The Bertz CT molecular complexity index is 729. The van der Waals surface area contributed by atoms with E-state index in [1.807, 2.05) is 12.1 Å². The molecule has 5 nitrogen and oxygen atoms in total. The first kappa shape index (κ1) is 16.7. The summed E-state index contributed by atoms with van der Waals surface area (Å²) in [6, 6.07) is 6.96. The lowest BCUT2D eigenvalue weighted by molar-refractivity contribution is -0.152. The zero-order chi connectivity index (χ0) is 17.8. The van der Waals surface area contributed by atoms with Crippen LogP contribution in [0.2, 0.25) is 0 Å². The Morgan fingerprint density at radius 3 is 2.76 bits per heavy atom. The normalized spacial score (nSPS) is 35.6. The van der Waals surface area contributed by atoms with Gasteiger partial charge in [0.25, 0.3) is 0 Å². The summed E-state index contributed by atoms with van der Waals surface area (Å²) in [7, 11) is 0. The van der Waals surface area contributed by atoms with Gasteiger partial charge in [0, 0.05) is 24.9 Å². The number of carbonyl (C=O) groups is 2. The van der Waals surface area contributed by atoms with Crippen molar-refractivity contribution < 1.29 is 14.7 Å². The number of aliphatic hydroxyl groups is 1. The summed E-state index contributed by atoms with van der Waals surface area (Å²) in [6.07, 6.45) is 3.78. The third kappa shape index (κ3) is 2.36. The van der Waals surface area contributed by atoms with Crippen molar-refractivity contribution in [2.75, 3.05) is 18.0 Å². The van der Waals surface area contributed by atoms with Crippen LogP contribution in [-0.4, -0.2) is 46.6 Å². The number of anilines is 1. The number of Topliss-reactive ketones (excluding diaryl/α,β-unsaturated/α-hetero) is 1. The van der Waals surface area contributed by atoms with Crippen molar-refractivity contribution >= 4 is 17.4 Å². The Kier molecular flexibility index (Phi) is 3.78. The van der Waals surface area contributed by atoms with Crippen LogP contribution in [0, 0.1) is 5.41 Å². The average Bonchev–Trinajstić information content (AvgIpc) is 2.62. The van der Waals surface area contributed by atoms with Gasteiger partial charge in [0.05, 0.1) is 11.7 Å². The molecule has 134 valence electrons. The van der Waals surface area contributed by atoms with Crippen LogP contribution in [0.1, 0.15) is 56.3 Å². The first-order chi connectivity index (χ1) is 11.9. The van der Waals surface area contributed by atoms with E-state index in [4.69, 9.17) is 0 Å². The first-order valence-corrected chi connectivity index (χ1v) is 9.32. The molecule has 2 bridgehead atoms. The number of benzene rings is 1. The maximum Gasteiger partial charge on any atom is 0.247 e. The highest BCUT2D eigenvalue weighted by molar-refractivity contribution is 6.08. The molecule has 0 unspecified atom stereocenters. The summed E-state index contributed by atoms with van der Waals surface area (Å²) in [5.74, 6) is -0.0145. The third-order valence-electron chi connectivity index (χ3n) is 6.46. The number of para-hydroxylation sites is 1. The number of nitrogens with zero attached hydrogens (tertiary/aromatic N) is 2. The molecule has 0 aromatic heterocycles. The molecule has 1 aromatic rings. The lowest BCUT2D eigenvalue weighted by Crippen LogP contribution is -2.70. The van der Waals surface area contributed by atoms with Gasteiger partial charge in [-0.05, 0) is 50.3 Å². The number of piperidine rings is 2. The van der Waals surface area contributed by atoms with E-state index in [-0.39, 0.29) is 23.1 Å². The topological polar surface area (TPSA) is 60.9 Å². The molecule has 1 aromatic carbocycles. The van der Waals surface area contributed by atoms with Crippen molar-refractivity contribution in [2.24, 2.45) is 5.41 Å². The van der Waals surface area contributed by atoms with E-state index in [2.05, 4.69) is 11.8 Å². The van der Waals surface area contributed by atoms with Gasteiger partial charge in [-0.2, -0.15) is 0 Å². The third-order valence-corrected chi connectivity index (χ3v) is 6.46. The molecule has 1 amide bonds. The predicted molar refractivity (Wildman–Crippen MR) is 95.4 cm³/mol. The number of rotatable bonds is 1. The predicted octanol–water partition coefficient (Wildman–Crippen LogP) is 2.58. The molecule has 0 radical (unpaired) electrons. The summed E-state index contributed by atoms with van der Waals surface area (Å²) >= 11 is 0. The van der Waals surface area contributed by atoms with E-state index in [9.17, 15) is 14.7 Å².